The minimum atomic E-state index is -0.588. The van der Waals surface area contributed by atoms with Crippen LogP contribution in [0.15, 0.2) is 42.5 Å². The van der Waals surface area contributed by atoms with Gasteiger partial charge < -0.3 is 14.2 Å². The van der Waals surface area contributed by atoms with Crippen LogP contribution in [0.5, 0.6) is 5.75 Å². The number of hydrogen-bond acceptors (Lipinski definition) is 5. The van der Waals surface area contributed by atoms with Crippen molar-refractivity contribution in [1.82, 2.24) is 0 Å². The standard InChI is InChI=1S/C18H18O5/c1-12-8-9-16(21-2)13(10-12)11-23-18(20)15-7-5-4-6-14(15)17(19)22-3/h4-10H,11H2,1-3H3. The lowest BCUT2D eigenvalue weighted by atomic mass is 10.1. The van der Waals surface area contributed by atoms with Gasteiger partial charge in [-0.25, -0.2) is 9.59 Å². The molecule has 0 aliphatic rings. The first-order valence-corrected chi connectivity index (χ1v) is 7.04. The predicted molar refractivity (Wildman–Crippen MR) is 84.6 cm³/mol. The molecule has 0 saturated carbocycles. The van der Waals surface area contributed by atoms with Gasteiger partial charge in [0, 0.05) is 5.56 Å². The minimum absolute atomic E-state index is 0.0548. The van der Waals surface area contributed by atoms with Crippen molar-refractivity contribution in [2.45, 2.75) is 13.5 Å². The van der Waals surface area contributed by atoms with Crippen molar-refractivity contribution >= 4 is 11.9 Å². The summed E-state index contributed by atoms with van der Waals surface area (Å²) in [5, 5.41) is 0. The molecule has 0 spiro atoms. The second-order valence-corrected chi connectivity index (χ2v) is 4.93. The van der Waals surface area contributed by atoms with Gasteiger partial charge >= 0.3 is 11.9 Å². The lowest BCUT2D eigenvalue weighted by molar-refractivity contribution is 0.0455. The number of aryl methyl sites for hydroxylation is 1. The molecule has 5 heteroatoms. The van der Waals surface area contributed by atoms with E-state index in [2.05, 4.69) is 4.74 Å². The highest BCUT2D eigenvalue weighted by atomic mass is 16.5. The maximum Gasteiger partial charge on any atom is 0.339 e. The molecule has 2 aromatic carbocycles. The van der Waals surface area contributed by atoms with Gasteiger partial charge in [-0.05, 0) is 31.2 Å². The third-order valence-electron chi connectivity index (χ3n) is 3.35. The maximum absolute atomic E-state index is 12.3. The van der Waals surface area contributed by atoms with E-state index < -0.39 is 11.9 Å². The first-order valence-electron chi connectivity index (χ1n) is 7.04. The average molecular weight is 314 g/mol. The summed E-state index contributed by atoms with van der Waals surface area (Å²) in [5.41, 5.74) is 2.14. The number of hydrogen-bond donors (Lipinski definition) is 0. The molecule has 0 fully saturated rings. The summed E-state index contributed by atoms with van der Waals surface area (Å²) in [6.45, 7) is 2.00. The molecule has 120 valence electrons. The van der Waals surface area contributed by atoms with Crippen LogP contribution in [0.4, 0.5) is 0 Å². The third-order valence-corrected chi connectivity index (χ3v) is 3.35. The summed E-state index contributed by atoms with van der Waals surface area (Å²) in [7, 11) is 2.82. The number of esters is 2. The summed E-state index contributed by atoms with van der Waals surface area (Å²) >= 11 is 0. The summed E-state index contributed by atoms with van der Waals surface area (Å²) in [6.07, 6.45) is 0. The van der Waals surface area contributed by atoms with Crippen molar-refractivity contribution in [3.05, 3.63) is 64.7 Å². The SMILES string of the molecule is COC(=O)c1ccccc1C(=O)OCc1cc(C)ccc1OC. The van der Waals surface area contributed by atoms with Crippen LogP contribution >= 0.6 is 0 Å². The Kier molecular flexibility index (Phi) is 5.36. The smallest absolute Gasteiger partial charge is 0.339 e. The van der Waals surface area contributed by atoms with Gasteiger partial charge in [0.1, 0.15) is 12.4 Å². The molecule has 0 radical (unpaired) electrons. The Bertz CT molecular complexity index is 721. The number of carbonyl (C=O) groups excluding carboxylic acids is 2. The number of benzene rings is 2. The Morgan fingerprint density at radius 3 is 2.22 bits per heavy atom. The zero-order valence-electron chi connectivity index (χ0n) is 13.3. The van der Waals surface area contributed by atoms with Crippen molar-refractivity contribution in [1.29, 1.82) is 0 Å². The fourth-order valence-electron chi connectivity index (χ4n) is 2.19. The Morgan fingerprint density at radius 1 is 0.957 bits per heavy atom. The van der Waals surface area contributed by atoms with E-state index in [1.165, 1.54) is 19.2 Å². The lowest BCUT2D eigenvalue weighted by Gasteiger charge is -2.11. The molecule has 2 aromatic rings. The quantitative estimate of drug-likeness (QED) is 0.793. The Morgan fingerprint density at radius 2 is 1.61 bits per heavy atom. The highest BCUT2D eigenvalue weighted by Gasteiger charge is 2.18. The second-order valence-electron chi connectivity index (χ2n) is 4.93. The Balaban J connectivity index is 2.18. The summed E-state index contributed by atoms with van der Waals surface area (Å²) < 4.78 is 15.2. The molecule has 0 saturated heterocycles. The number of rotatable bonds is 5. The van der Waals surface area contributed by atoms with E-state index in [-0.39, 0.29) is 17.7 Å². The van der Waals surface area contributed by atoms with E-state index >= 15 is 0 Å². The minimum Gasteiger partial charge on any atom is -0.496 e. The van der Waals surface area contributed by atoms with Gasteiger partial charge in [0.15, 0.2) is 0 Å². The molecule has 0 heterocycles. The van der Waals surface area contributed by atoms with Crippen molar-refractivity contribution in [2.75, 3.05) is 14.2 Å². The second kappa shape index (κ2) is 7.45. The van der Waals surface area contributed by atoms with E-state index in [1.54, 1.807) is 19.2 Å². The summed E-state index contributed by atoms with van der Waals surface area (Å²) in [6, 6.07) is 12.0. The average Bonchev–Trinajstić information content (AvgIpc) is 2.59. The van der Waals surface area contributed by atoms with Gasteiger partial charge in [-0.3, -0.25) is 0 Å². The fourth-order valence-corrected chi connectivity index (χ4v) is 2.19. The predicted octanol–water partition coefficient (Wildman–Crippen LogP) is 3.15. The van der Waals surface area contributed by atoms with Crippen LogP contribution < -0.4 is 4.74 Å². The van der Waals surface area contributed by atoms with Crippen molar-refractivity contribution in [2.24, 2.45) is 0 Å². The summed E-state index contributed by atoms with van der Waals surface area (Å²) in [5.74, 6) is -0.523. The zero-order chi connectivity index (χ0) is 16.8. The van der Waals surface area contributed by atoms with Crippen molar-refractivity contribution < 1.29 is 23.8 Å². The normalized spacial score (nSPS) is 10.0. The molecule has 23 heavy (non-hydrogen) atoms. The molecule has 0 unspecified atom stereocenters. The number of methoxy groups -OCH3 is 2. The van der Waals surface area contributed by atoms with E-state index in [9.17, 15) is 9.59 Å². The molecular weight excluding hydrogens is 296 g/mol. The first kappa shape index (κ1) is 16.5. The highest BCUT2D eigenvalue weighted by molar-refractivity contribution is 6.03. The zero-order valence-corrected chi connectivity index (χ0v) is 13.3. The molecule has 2 rings (SSSR count). The van der Waals surface area contributed by atoms with Gasteiger partial charge in [-0.15, -0.1) is 0 Å². The topological polar surface area (TPSA) is 61.8 Å². The van der Waals surface area contributed by atoms with E-state index in [0.717, 1.165) is 11.1 Å². The molecule has 0 aliphatic heterocycles. The van der Waals surface area contributed by atoms with Crippen LogP contribution in [0.1, 0.15) is 31.8 Å². The molecule has 0 N–H and O–H groups in total. The fraction of sp³-hybridized carbons (Fsp3) is 0.222. The molecule has 5 nitrogen and oxygen atoms in total. The van der Waals surface area contributed by atoms with E-state index in [1.807, 2.05) is 25.1 Å². The number of carbonyl (C=O) groups is 2. The molecular formula is C18H18O5. The number of ether oxygens (including phenoxy) is 3. The van der Waals surface area contributed by atoms with Crippen LogP contribution in [0.3, 0.4) is 0 Å². The third kappa shape index (κ3) is 3.88. The first-order chi connectivity index (χ1) is 11.1. The van der Waals surface area contributed by atoms with Gasteiger partial charge in [-0.2, -0.15) is 0 Å². The van der Waals surface area contributed by atoms with Crippen LogP contribution in [0.25, 0.3) is 0 Å². The Hall–Kier alpha value is -2.82. The van der Waals surface area contributed by atoms with Crippen LogP contribution in [0, 0.1) is 6.92 Å². The van der Waals surface area contributed by atoms with Gasteiger partial charge in [0.05, 0.1) is 25.3 Å². The molecule has 0 bridgehead atoms. The van der Waals surface area contributed by atoms with Crippen LogP contribution in [-0.4, -0.2) is 26.2 Å². The monoisotopic (exact) mass is 314 g/mol. The maximum atomic E-state index is 12.3. The summed E-state index contributed by atoms with van der Waals surface area (Å²) in [4.78, 5) is 24.0. The van der Waals surface area contributed by atoms with Crippen LogP contribution in [0.2, 0.25) is 0 Å². The van der Waals surface area contributed by atoms with Gasteiger partial charge in [0.25, 0.3) is 0 Å². The molecule has 0 aromatic heterocycles. The van der Waals surface area contributed by atoms with E-state index in [4.69, 9.17) is 9.47 Å². The lowest BCUT2D eigenvalue weighted by Crippen LogP contribution is -2.13. The van der Waals surface area contributed by atoms with Gasteiger partial charge in [0.2, 0.25) is 0 Å². The molecule has 0 atom stereocenters. The highest BCUT2D eigenvalue weighted by Crippen LogP contribution is 2.21. The largest absolute Gasteiger partial charge is 0.496 e. The molecule has 0 amide bonds. The van der Waals surface area contributed by atoms with Gasteiger partial charge in [-0.1, -0.05) is 23.8 Å². The van der Waals surface area contributed by atoms with Crippen molar-refractivity contribution in [3.8, 4) is 5.75 Å². The molecule has 0 aliphatic carbocycles. The van der Waals surface area contributed by atoms with Crippen LogP contribution in [-0.2, 0) is 16.1 Å². The van der Waals surface area contributed by atoms with E-state index in [0.29, 0.717) is 5.75 Å². The Labute approximate surface area is 134 Å². The van der Waals surface area contributed by atoms with Crippen molar-refractivity contribution in [3.63, 3.8) is 0 Å².